The highest BCUT2D eigenvalue weighted by molar-refractivity contribution is 5.95. The monoisotopic (exact) mass is 347 g/mol. The molecule has 1 N–H and O–H groups in total. The van der Waals surface area contributed by atoms with Crippen LogP contribution < -0.4 is 25.1 Å². The summed E-state index contributed by atoms with van der Waals surface area (Å²) < 4.78 is 17.1. The maximum atomic E-state index is 12.4. The van der Waals surface area contributed by atoms with Crippen molar-refractivity contribution < 1.29 is 19.0 Å². The van der Waals surface area contributed by atoms with E-state index in [2.05, 4.69) is 10.3 Å². The van der Waals surface area contributed by atoms with Gasteiger partial charge in [0.15, 0.2) is 11.5 Å². The van der Waals surface area contributed by atoms with Crippen LogP contribution >= 0.6 is 0 Å². The first kappa shape index (κ1) is 18.3. The van der Waals surface area contributed by atoms with Gasteiger partial charge < -0.3 is 19.5 Å². The highest BCUT2D eigenvalue weighted by atomic mass is 16.5. The number of hydrogen-bond donors (Lipinski definition) is 1. The third kappa shape index (κ3) is 4.09. The molecule has 134 valence electrons. The van der Waals surface area contributed by atoms with Crippen LogP contribution in [0.25, 0.3) is 0 Å². The standard InChI is InChI=1S/C17H21N3O5/c1-11-9-18-10-20(17(11)22)6-5-19-16(21)12-7-13(23-2)15(25-4)14(8-12)24-3/h7-10H,5-6H2,1-4H3,(H,19,21). The summed E-state index contributed by atoms with van der Waals surface area (Å²) in [7, 11) is 4.46. The van der Waals surface area contributed by atoms with E-state index < -0.39 is 0 Å². The molecule has 1 amide bonds. The lowest BCUT2D eigenvalue weighted by Gasteiger charge is -2.14. The fourth-order valence-corrected chi connectivity index (χ4v) is 2.32. The molecule has 0 radical (unpaired) electrons. The summed E-state index contributed by atoms with van der Waals surface area (Å²) in [5, 5.41) is 2.76. The number of rotatable bonds is 7. The number of carbonyl (C=O) groups is 1. The summed E-state index contributed by atoms with van der Waals surface area (Å²) >= 11 is 0. The average molecular weight is 347 g/mol. The van der Waals surface area contributed by atoms with Crippen molar-refractivity contribution in [1.29, 1.82) is 0 Å². The van der Waals surface area contributed by atoms with Gasteiger partial charge >= 0.3 is 0 Å². The predicted molar refractivity (Wildman–Crippen MR) is 91.7 cm³/mol. The third-order valence-corrected chi connectivity index (χ3v) is 3.64. The van der Waals surface area contributed by atoms with Crippen molar-refractivity contribution >= 4 is 5.91 Å². The first-order valence-corrected chi connectivity index (χ1v) is 7.61. The van der Waals surface area contributed by atoms with E-state index in [0.29, 0.717) is 34.9 Å². The highest BCUT2D eigenvalue weighted by Crippen LogP contribution is 2.38. The van der Waals surface area contributed by atoms with Crippen molar-refractivity contribution in [2.24, 2.45) is 0 Å². The Bertz CT molecular complexity index is 791. The van der Waals surface area contributed by atoms with Gasteiger partial charge in [0.25, 0.3) is 11.5 Å². The van der Waals surface area contributed by atoms with Crippen LogP contribution in [0.2, 0.25) is 0 Å². The summed E-state index contributed by atoms with van der Waals surface area (Å²) in [4.78, 5) is 28.2. The van der Waals surface area contributed by atoms with E-state index in [1.54, 1.807) is 19.1 Å². The number of aryl methyl sites for hydroxylation is 1. The van der Waals surface area contributed by atoms with Crippen molar-refractivity contribution in [3.05, 3.63) is 46.1 Å². The van der Waals surface area contributed by atoms with E-state index in [1.165, 1.54) is 38.4 Å². The Morgan fingerprint density at radius 2 is 1.80 bits per heavy atom. The maximum Gasteiger partial charge on any atom is 0.256 e. The highest BCUT2D eigenvalue weighted by Gasteiger charge is 2.16. The lowest BCUT2D eigenvalue weighted by atomic mass is 10.1. The van der Waals surface area contributed by atoms with Gasteiger partial charge in [0, 0.05) is 30.4 Å². The SMILES string of the molecule is COc1cc(C(=O)NCCn2cncc(C)c2=O)cc(OC)c1OC. The van der Waals surface area contributed by atoms with Crippen molar-refractivity contribution in [1.82, 2.24) is 14.9 Å². The van der Waals surface area contributed by atoms with Crippen LogP contribution in [0.3, 0.4) is 0 Å². The molecule has 1 aromatic carbocycles. The zero-order valence-electron chi connectivity index (χ0n) is 14.7. The average Bonchev–Trinajstić information content (AvgIpc) is 2.63. The Hall–Kier alpha value is -3.03. The van der Waals surface area contributed by atoms with Gasteiger partial charge in [-0.25, -0.2) is 4.98 Å². The van der Waals surface area contributed by atoms with Crippen LogP contribution in [-0.2, 0) is 6.54 Å². The summed E-state index contributed by atoms with van der Waals surface area (Å²) in [5.74, 6) is 0.893. The number of carbonyl (C=O) groups excluding carboxylic acids is 1. The van der Waals surface area contributed by atoms with Crippen molar-refractivity contribution in [3.63, 3.8) is 0 Å². The number of amides is 1. The van der Waals surface area contributed by atoms with Gasteiger partial charge in [0.05, 0.1) is 27.7 Å². The Kier molecular flexibility index (Phi) is 5.99. The minimum atomic E-state index is -0.312. The zero-order valence-corrected chi connectivity index (χ0v) is 14.7. The lowest BCUT2D eigenvalue weighted by molar-refractivity contribution is 0.0951. The van der Waals surface area contributed by atoms with Gasteiger partial charge in [-0.1, -0.05) is 0 Å². The largest absolute Gasteiger partial charge is 0.493 e. The normalized spacial score (nSPS) is 10.2. The molecule has 8 heteroatoms. The molecule has 8 nitrogen and oxygen atoms in total. The fourth-order valence-electron chi connectivity index (χ4n) is 2.32. The van der Waals surface area contributed by atoms with Gasteiger partial charge in [-0.15, -0.1) is 0 Å². The summed E-state index contributed by atoms with van der Waals surface area (Å²) in [6, 6.07) is 3.13. The molecule has 0 unspecified atom stereocenters. The number of ether oxygens (including phenoxy) is 3. The second-order valence-corrected chi connectivity index (χ2v) is 5.25. The molecule has 0 atom stereocenters. The number of nitrogens with zero attached hydrogens (tertiary/aromatic N) is 2. The van der Waals surface area contributed by atoms with Gasteiger partial charge in [-0.3, -0.25) is 14.2 Å². The van der Waals surface area contributed by atoms with E-state index in [0.717, 1.165) is 0 Å². The zero-order chi connectivity index (χ0) is 18.4. The molecule has 2 rings (SSSR count). The molecule has 0 aliphatic heterocycles. The first-order chi connectivity index (χ1) is 12.0. The number of hydrogen-bond acceptors (Lipinski definition) is 6. The minimum absolute atomic E-state index is 0.128. The molecule has 0 fully saturated rings. The summed E-state index contributed by atoms with van der Waals surface area (Å²) in [6.45, 7) is 2.30. The molecular formula is C17H21N3O5. The van der Waals surface area contributed by atoms with Crippen LogP contribution in [0.5, 0.6) is 17.2 Å². The number of methoxy groups -OCH3 is 3. The van der Waals surface area contributed by atoms with Gasteiger partial charge in [-0.05, 0) is 19.1 Å². The molecular weight excluding hydrogens is 326 g/mol. The summed E-state index contributed by atoms with van der Waals surface area (Å²) in [5.41, 5.74) is 0.791. The van der Waals surface area contributed by atoms with E-state index in [1.807, 2.05) is 0 Å². The van der Waals surface area contributed by atoms with Crippen LogP contribution in [0, 0.1) is 6.92 Å². The van der Waals surface area contributed by atoms with Crippen LogP contribution in [0.4, 0.5) is 0 Å². The van der Waals surface area contributed by atoms with Crippen LogP contribution in [0.15, 0.2) is 29.5 Å². The van der Waals surface area contributed by atoms with Crippen molar-refractivity contribution in [2.75, 3.05) is 27.9 Å². The lowest BCUT2D eigenvalue weighted by Crippen LogP contribution is -2.31. The smallest absolute Gasteiger partial charge is 0.256 e. The minimum Gasteiger partial charge on any atom is -0.493 e. The molecule has 0 saturated carbocycles. The number of benzene rings is 1. The second-order valence-electron chi connectivity index (χ2n) is 5.25. The molecule has 0 bridgehead atoms. The van der Waals surface area contributed by atoms with Gasteiger partial charge in [0.1, 0.15) is 0 Å². The third-order valence-electron chi connectivity index (χ3n) is 3.64. The predicted octanol–water partition coefficient (Wildman–Crippen LogP) is 1.01. The van der Waals surface area contributed by atoms with E-state index in [4.69, 9.17) is 14.2 Å². The van der Waals surface area contributed by atoms with E-state index in [-0.39, 0.29) is 18.0 Å². The molecule has 0 spiro atoms. The van der Waals surface area contributed by atoms with Crippen LogP contribution in [-0.4, -0.2) is 43.3 Å². The van der Waals surface area contributed by atoms with Crippen molar-refractivity contribution in [3.8, 4) is 17.2 Å². The number of nitrogens with one attached hydrogen (secondary N) is 1. The quantitative estimate of drug-likeness (QED) is 0.804. The molecule has 0 aliphatic rings. The van der Waals surface area contributed by atoms with Gasteiger partial charge in [0.2, 0.25) is 5.75 Å². The maximum absolute atomic E-state index is 12.4. The molecule has 2 aromatic rings. The summed E-state index contributed by atoms with van der Waals surface area (Å²) in [6.07, 6.45) is 2.95. The Morgan fingerprint density at radius 1 is 1.16 bits per heavy atom. The van der Waals surface area contributed by atoms with Crippen LogP contribution in [0.1, 0.15) is 15.9 Å². The molecule has 1 aromatic heterocycles. The topological polar surface area (TPSA) is 91.7 Å². The molecule has 1 heterocycles. The Morgan fingerprint density at radius 3 is 2.36 bits per heavy atom. The Labute approximate surface area is 145 Å². The molecule has 0 saturated heterocycles. The van der Waals surface area contributed by atoms with Gasteiger partial charge in [-0.2, -0.15) is 0 Å². The number of aromatic nitrogens is 2. The molecule has 0 aliphatic carbocycles. The molecule has 25 heavy (non-hydrogen) atoms. The fraction of sp³-hybridized carbons (Fsp3) is 0.353. The van der Waals surface area contributed by atoms with Crippen molar-refractivity contribution in [2.45, 2.75) is 13.5 Å². The first-order valence-electron chi connectivity index (χ1n) is 7.61. The second kappa shape index (κ2) is 8.18. The Balaban J connectivity index is 2.10. The van der Waals surface area contributed by atoms with E-state index in [9.17, 15) is 9.59 Å². The van der Waals surface area contributed by atoms with E-state index >= 15 is 0 Å².